The lowest BCUT2D eigenvalue weighted by Crippen LogP contribution is -2.04. The van der Waals surface area contributed by atoms with Crippen LogP contribution in [0.3, 0.4) is 0 Å². The lowest BCUT2D eigenvalue weighted by Gasteiger charge is -2.00. The molecule has 1 N–H and O–H groups in total. The van der Waals surface area contributed by atoms with E-state index in [1.807, 2.05) is 57.9 Å². The van der Waals surface area contributed by atoms with Crippen LogP contribution in [0.5, 0.6) is 0 Å². The van der Waals surface area contributed by atoms with E-state index in [9.17, 15) is 0 Å². The molecule has 1 rings (SSSR count). The molecule has 0 aliphatic heterocycles. The van der Waals surface area contributed by atoms with Crippen LogP contribution in [0.15, 0.2) is 18.5 Å². The van der Waals surface area contributed by atoms with Crippen molar-refractivity contribution < 1.29 is 0 Å². The standard InChI is InChI=1S/C6H10N2.C5H10N2/c1-5-4-8(3)6(2)7-5;1-3-4-7(2)5-6/h4H,1-3H3;3-6H,1-2H3/b;4-3+,6-5?. The highest BCUT2D eigenvalue weighted by atomic mass is 15.1. The fourth-order valence-electron chi connectivity index (χ4n) is 1.01. The highest BCUT2D eigenvalue weighted by molar-refractivity contribution is 5.51. The van der Waals surface area contributed by atoms with Crippen molar-refractivity contribution in [2.45, 2.75) is 20.8 Å². The summed E-state index contributed by atoms with van der Waals surface area (Å²) in [6.45, 7) is 5.90. The van der Waals surface area contributed by atoms with E-state index in [4.69, 9.17) is 5.41 Å². The number of allylic oxidation sites excluding steroid dienone is 1. The highest BCUT2D eigenvalue weighted by Gasteiger charge is 1.91. The van der Waals surface area contributed by atoms with Crippen LogP contribution in [-0.2, 0) is 7.05 Å². The van der Waals surface area contributed by atoms with Crippen molar-refractivity contribution in [2.75, 3.05) is 7.05 Å². The van der Waals surface area contributed by atoms with Gasteiger partial charge in [-0.15, -0.1) is 0 Å². The molecule has 0 bridgehead atoms. The van der Waals surface area contributed by atoms with Gasteiger partial charge in [0.15, 0.2) is 0 Å². The van der Waals surface area contributed by atoms with Gasteiger partial charge in [-0.1, -0.05) is 6.08 Å². The Morgan fingerprint density at radius 2 is 2.07 bits per heavy atom. The van der Waals surface area contributed by atoms with Crippen LogP contribution in [0.4, 0.5) is 0 Å². The van der Waals surface area contributed by atoms with Gasteiger partial charge in [0.05, 0.1) is 12.0 Å². The second kappa shape index (κ2) is 6.81. The van der Waals surface area contributed by atoms with Crippen molar-refractivity contribution in [1.82, 2.24) is 14.5 Å². The second-order valence-electron chi connectivity index (χ2n) is 3.32. The van der Waals surface area contributed by atoms with E-state index in [0.717, 1.165) is 11.5 Å². The summed E-state index contributed by atoms with van der Waals surface area (Å²) in [6.07, 6.45) is 6.95. The van der Waals surface area contributed by atoms with Crippen LogP contribution in [0.25, 0.3) is 0 Å². The van der Waals surface area contributed by atoms with E-state index in [1.165, 1.54) is 6.34 Å². The van der Waals surface area contributed by atoms with Crippen LogP contribution < -0.4 is 0 Å². The Kier molecular flexibility index (Phi) is 6.09. The highest BCUT2D eigenvalue weighted by Crippen LogP contribution is 1.95. The Bertz CT molecular complexity index is 306. The molecule has 0 spiro atoms. The Morgan fingerprint density at radius 1 is 1.47 bits per heavy atom. The second-order valence-corrected chi connectivity index (χ2v) is 3.32. The average Bonchev–Trinajstić information content (AvgIpc) is 2.45. The van der Waals surface area contributed by atoms with Crippen LogP contribution in [0.1, 0.15) is 18.4 Å². The smallest absolute Gasteiger partial charge is 0.105 e. The molecule has 1 heterocycles. The molecule has 1 aromatic rings. The summed E-state index contributed by atoms with van der Waals surface area (Å²) < 4.78 is 2.01. The number of rotatable bonds is 2. The van der Waals surface area contributed by atoms with E-state index in [-0.39, 0.29) is 0 Å². The molecule has 4 heteroatoms. The van der Waals surface area contributed by atoms with Crippen molar-refractivity contribution in [3.05, 3.63) is 30.0 Å². The van der Waals surface area contributed by atoms with Crippen LogP contribution in [0, 0.1) is 19.3 Å². The van der Waals surface area contributed by atoms with Crippen LogP contribution >= 0.6 is 0 Å². The van der Waals surface area contributed by atoms with Gasteiger partial charge in [0.25, 0.3) is 0 Å². The van der Waals surface area contributed by atoms with Gasteiger partial charge in [-0.05, 0) is 20.8 Å². The number of nitrogens with zero attached hydrogens (tertiary/aromatic N) is 3. The van der Waals surface area contributed by atoms with Gasteiger partial charge in [0, 0.05) is 26.5 Å². The van der Waals surface area contributed by atoms with Gasteiger partial charge in [-0.2, -0.15) is 0 Å². The third-order valence-electron chi connectivity index (χ3n) is 1.82. The molecule has 0 aliphatic carbocycles. The first-order valence-corrected chi connectivity index (χ1v) is 4.83. The number of hydrogen-bond donors (Lipinski definition) is 1. The Labute approximate surface area is 91.8 Å². The normalized spacial score (nSPS) is 9.67. The first-order chi connectivity index (χ1) is 7.01. The molecule has 0 saturated heterocycles. The fraction of sp³-hybridized carbons (Fsp3) is 0.455. The van der Waals surface area contributed by atoms with Crippen molar-refractivity contribution >= 4 is 6.34 Å². The summed E-state index contributed by atoms with van der Waals surface area (Å²) in [5.41, 5.74) is 1.09. The molecule has 15 heavy (non-hydrogen) atoms. The summed E-state index contributed by atoms with van der Waals surface area (Å²) in [5.74, 6) is 1.07. The van der Waals surface area contributed by atoms with Gasteiger partial charge in [0.1, 0.15) is 5.82 Å². The van der Waals surface area contributed by atoms with Gasteiger partial charge in [-0.3, -0.25) is 5.41 Å². The quantitative estimate of drug-likeness (QED) is 0.597. The third kappa shape index (κ3) is 5.67. The topological polar surface area (TPSA) is 44.9 Å². The molecule has 0 radical (unpaired) electrons. The molecule has 0 saturated carbocycles. The molecule has 0 fully saturated rings. The van der Waals surface area contributed by atoms with Crippen molar-refractivity contribution in [1.29, 1.82) is 5.41 Å². The molecule has 0 aromatic carbocycles. The van der Waals surface area contributed by atoms with Crippen LogP contribution in [0.2, 0.25) is 0 Å². The van der Waals surface area contributed by atoms with E-state index in [1.54, 1.807) is 4.90 Å². The first kappa shape index (κ1) is 13.4. The van der Waals surface area contributed by atoms with E-state index >= 15 is 0 Å². The minimum atomic E-state index is 1.07. The minimum absolute atomic E-state index is 1.07. The van der Waals surface area contributed by atoms with Crippen molar-refractivity contribution in [3.8, 4) is 0 Å². The number of hydrogen-bond acceptors (Lipinski definition) is 2. The predicted molar refractivity (Wildman–Crippen MR) is 64.0 cm³/mol. The largest absolute Gasteiger partial charge is 0.343 e. The molecule has 1 aromatic heterocycles. The zero-order valence-corrected chi connectivity index (χ0v) is 10.2. The molecule has 4 nitrogen and oxygen atoms in total. The zero-order valence-electron chi connectivity index (χ0n) is 10.2. The van der Waals surface area contributed by atoms with E-state index < -0.39 is 0 Å². The molecule has 0 unspecified atom stereocenters. The summed E-state index contributed by atoms with van der Waals surface area (Å²) in [6, 6.07) is 0. The molecule has 0 aliphatic rings. The Morgan fingerprint density at radius 3 is 2.20 bits per heavy atom. The molecule has 0 amide bonds. The predicted octanol–water partition coefficient (Wildman–Crippen LogP) is 2.10. The van der Waals surface area contributed by atoms with Crippen molar-refractivity contribution in [2.24, 2.45) is 7.05 Å². The third-order valence-corrected chi connectivity index (χ3v) is 1.82. The van der Waals surface area contributed by atoms with Crippen molar-refractivity contribution in [3.63, 3.8) is 0 Å². The lowest BCUT2D eigenvalue weighted by atomic mass is 10.6. The van der Waals surface area contributed by atoms with Gasteiger partial charge >= 0.3 is 0 Å². The van der Waals surface area contributed by atoms with Gasteiger partial charge in [0.2, 0.25) is 0 Å². The van der Waals surface area contributed by atoms with E-state index in [0.29, 0.717) is 0 Å². The fourth-order valence-corrected chi connectivity index (χ4v) is 1.01. The zero-order chi connectivity index (χ0) is 11.8. The van der Waals surface area contributed by atoms with Crippen LogP contribution in [-0.4, -0.2) is 27.8 Å². The summed E-state index contributed by atoms with van der Waals surface area (Å²) in [5, 5.41) is 6.66. The van der Waals surface area contributed by atoms with Gasteiger partial charge in [-0.25, -0.2) is 4.98 Å². The molecule has 0 atom stereocenters. The SMILES string of the molecule is C/C=C/N(C)C=N.Cc1cn(C)c(C)n1. The number of aromatic nitrogens is 2. The summed E-state index contributed by atoms with van der Waals surface area (Å²) in [7, 11) is 3.81. The maximum Gasteiger partial charge on any atom is 0.105 e. The molecule has 84 valence electrons. The monoisotopic (exact) mass is 208 g/mol. The summed E-state index contributed by atoms with van der Waals surface area (Å²) >= 11 is 0. The van der Waals surface area contributed by atoms with E-state index in [2.05, 4.69) is 4.98 Å². The Hall–Kier alpha value is -1.58. The maximum atomic E-state index is 6.66. The molecular weight excluding hydrogens is 188 g/mol. The Balaban J connectivity index is 0.000000265. The number of imidazole rings is 1. The first-order valence-electron chi connectivity index (χ1n) is 4.83. The lowest BCUT2D eigenvalue weighted by molar-refractivity contribution is 0.704. The maximum absolute atomic E-state index is 6.66. The minimum Gasteiger partial charge on any atom is -0.343 e. The number of aryl methyl sites for hydroxylation is 3. The molecular formula is C11H20N4. The van der Waals surface area contributed by atoms with Gasteiger partial charge < -0.3 is 9.47 Å². The average molecular weight is 208 g/mol. The number of nitrogens with one attached hydrogen (secondary N) is 1. The summed E-state index contributed by atoms with van der Waals surface area (Å²) in [4.78, 5) is 5.84.